The summed E-state index contributed by atoms with van der Waals surface area (Å²) in [6.45, 7) is 0. The number of allylic oxidation sites excluding steroid dienone is 1. The number of rotatable bonds is 3. The average Bonchev–Trinajstić information content (AvgIpc) is 2.51. The van der Waals surface area contributed by atoms with Crippen LogP contribution in [0.5, 0.6) is 0 Å². The van der Waals surface area contributed by atoms with Gasteiger partial charge < -0.3 is 10.2 Å². The Labute approximate surface area is 124 Å². The maximum atomic E-state index is 11.9. The van der Waals surface area contributed by atoms with Crippen molar-refractivity contribution in [2.45, 2.75) is 6.04 Å². The van der Waals surface area contributed by atoms with E-state index >= 15 is 0 Å². The van der Waals surface area contributed by atoms with Crippen molar-refractivity contribution in [1.82, 2.24) is 0 Å². The standard InChI is InChI=1S/C18H18N2O/c1-20(2)14-9-7-13(8-10-14)19-17-11-12-18(21)16-6-4-3-5-15(16)17/h3-12,17,19H,1-2H3. The average molecular weight is 278 g/mol. The van der Waals surface area contributed by atoms with Crippen molar-refractivity contribution in [1.29, 1.82) is 0 Å². The zero-order chi connectivity index (χ0) is 14.8. The number of hydrogen-bond donors (Lipinski definition) is 1. The molecule has 1 aliphatic rings. The molecular formula is C18H18N2O. The van der Waals surface area contributed by atoms with Gasteiger partial charge in [-0.05, 0) is 35.9 Å². The first kappa shape index (κ1) is 13.4. The number of anilines is 2. The normalized spacial score (nSPS) is 16.5. The van der Waals surface area contributed by atoms with E-state index in [2.05, 4.69) is 34.5 Å². The topological polar surface area (TPSA) is 32.3 Å². The van der Waals surface area contributed by atoms with Gasteiger partial charge in [-0.1, -0.05) is 30.3 Å². The van der Waals surface area contributed by atoms with Crippen LogP contribution in [0.3, 0.4) is 0 Å². The Kier molecular flexibility index (Phi) is 3.48. The molecular weight excluding hydrogens is 260 g/mol. The Morgan fingerprint density at radius 3 is 2.43 bits per heavy atom. The van der Waals surface area contributed by atoms with Crippen LogP contribution in [0.15, 0.2) is 60.7 Å². The summed E-state index contributed by atoms with van der Waals surface area (Å²) >= 11 is 0. The van der Waals surface area contributed by atoms with E-state index in [9.17, 15) is 4.79 Å². The summed E-state index contributed by atoms with van der Waals surface area (Å²) in [7, 11) is 4.04. The van der Waals surface area contributed by atoms with E-state index in [1.807, 2.05) is 44.4 Å². The van der Waals surface area contributed by atoms with Crippen LogP contribution < -0.4 is 10.2 Å². The van der Waals surface area contributed by atoms with E-state index in [0.717, 1.165) is 22.5 Å². The van der Waals surface area contributed by atoms with Crippen LogP contribution in [0.25, 0.3) is 0 Å². The van der Waals surface area contributed by atoms with Gasteiger partial charge in [0.25, 0.3) is 0 Å². The summed E-state index contributed by atoms with van der Waals surface area (Å²) in [6, 6.07) is 16.0. The van der Waals surface area contributed by atoms with Crippen LogP contribution in [-0.4, -0.2) is 19.9 Å². The fraction of sp³-hybridized carbons (Fsp3) is 0.167. The smallest absolute Gasteiger partial charge is 0.185 e. The Morgan fingerprint density at radius 1 is 1.00 bits per heavy atom. The van der Waals surface area contributed by atoms with Gasteiger partial charge in [0.1, 0.15) is 0 Å². The quantitative estimate of drug-likeness (QED) is 0.930. The number of ketones is 1. The second kappa shape index (κ2) is 5.44. The van der Waals surface area contributed by atoms with E-state index in [0.29, 0.717) is 0 Å². The highest BCUT2D eigenvalue weighted by molar-refractivity contribution is 6.07. The molecule has 0 aromatic heterocycles. The summed E-state index contributed by atoms with van der Waals surface area (Å²) in [5, 5.41) is 3.47. The molecule has 0 aliphatic heterocycles. The molecule has 1 aliphatic carbocycles. The zero-order valence-corrected chi connectivity index (χ0v) is 12.2. The van der Waals surface area contributed by atoms with Crippen LogP contribution >= 0.6 is 0 Å². The van der Waals surface area contributed by atoms with Gasteiger partial charge in [-0.2, -0.15) is 0 Å². The largest absolute Gasteiger partial charge is 0.378 e. The van der Waals surface area contributed by atoms with E-state index in [1.165, 1.54) is 0 Å². The molecule has 1 unspecified atom stereocenters. The molecule has 2 aromatic rings. The van der Waals surface area contributed by atoms with E-state index in [-0.39, 0.29) is 11.8 Å². The van der Waals surface area contributed by atoms with Crippen LogP contribution in [0.4, 0.5) is 11.4 Å². The summed E-state index contributed by atoms with van der Waals surface area (Å²) < 4.78 is 0. The first-order valence-electron chi connectivity index (χ1n) is 7.00. The molecule has 1 atom stereocenters. The van der Waals surface area contributed by atoms with Crippen molar-refractivity contribution < 1.29 is 4.79 Å². The van der Waals surface area contributed by atoms with Crippen LogP contribution in [0.1, 0.15) is 22.0 Å². The molecule has 0 spiro atoms. The van der Waals surface area contributed by atoms with Gasteiger partial charge in [-0.25, -0.2) is 0 Å². The lowest BCUT2D eigenvalue weighted by molar-refractivity contribution is 0.104. The summed E-state index contributed by atoms with van der Waals surface area (Å²) in [4.78, 5) is 14.0. The van der Waals surface area contributed by atoms with Gasteiger partial charge in [0.15, 0.2) is 5.78 Å². The van der Waals surface area contributed by atoms with Crippen molar-refractivity contribution in [2.24, 2.45) is 0 Å². The van der Waals surface area contributed by atoms with Gasteiger partial charge in [-0.15, -0.1) is 0 Å². The Morgan fingerprint density at radius 2 is 1.71 bits per heavy atom. The van der Waals surface area contributed by atoms with E-state index < -0.39 is 0 Å². The maximum Gasteiger partial charge on any atom is 0.185 e. The van der Waals surface area contributed by atoms with Gasteiger partial charge in [0.2, 0.25) is 0 Å². The van der Waals surface area contributed by atoms with Crippen molar-refractivity contribution in [2.75, 3.05) is 24.3 Å². The molecule has 3 heteroatoms. The van der Waals surface area contributed by atoms with Crippen LogP contribution in [0, 0.1) is 0 Å². The number of fused-ring (bicyclic) bond motifs is 1. The molecule has 0 amide bonds. The molecule has 0 heterocycles. The molecule has 1 N–H and O–H groups in total. The second-order valence-corrected chi connectivity index (χ2v) is 5.37. The van der Waals surface area contributed by atoms with Crippen molar-refractivity contribution >= 4 is 17.2 Å². The molecule has 0 bridgehead atoms. The third-order valence-corrected chi connectivity index (χ3v) is 3.71. The molecule has 0 saturated carbocycles. The van der Waals surface area contributed by atoms with Crippen molar-refractivity contribution in [3.8, 4) is 0 Å². The van der Waals surface area contributed by atoms with Crippen LogP contribution in [-0.2, 0) is 0 Å². The predicted molar refractivity (Wildman–Crippen MR) is 87.0 cm³/mol. The molecule has 3 nitrogen and oxygen atoms in total. The first-order chi connectivity index (χ1) is 10.1. The minimum Gasteiger partial charge on any atom is -0.378 e. The third-order valence-electron chi connectivity index (χ3n) is 3.71. The first-order valence-corrected chi connectivity index (χ1v) is 7.00. The number of nitrogens with zero attached hydrogens (tertiary/aromatic N) is 1. The molecule has 0 saturated heterocycles. The Hall–Kier alpha value is -2.55. The SMILES string of the molecule is CN(C)c1ccc(NC2C=CC(=O)c3ccccc32)cc1. The highest BCUT2D eigenvalue weighted by Gasteiger charge is 2.20. The van der Waals surface area contributed by atoms with Gasteiger partial charge in [-0.3, -0.25) is 4.79 Å². The molecule has 0 radical (unpaired) electrons. The van der Waals surface area contributed by atoms with Crippen LogP contribution in [0.2, 0.25) is 0 Å². The molecule has 0 fully saturated rings. The molecule has 3 rings (SSSR count). The third kappa shape index (κ3) is 2.68. The number of carbonyl (C=O) groups is 1. The summed E-state index contributed by atoms with van der Waals surface area (Å²) in [5.74, 6) is 0.0756. The zero-order valence-electron chi connectivity index (χ0n) is 12.2. The van der Waals surface area contributed by atoms with Crippen molar-refractivity contribution in [3.63, 3.8) is 0 Å². The van der Waals surface area contributed by atoms with E-state index in [1.54, 1.807) is 6.08 Å². The second-order valence-electron chi connectivity index (χ2n) is 5.37. The van der Waals surface area contributed by atoms with Crippen molar-refractivity contribution in [3.05, 3.63) is 71.8 Å². The fourth-order valence-corrected chi connectivity index (χ4v) is 2.53. The lowest BCUT2D eigenvalue weighted by Crippen LogP contribution is -2.16. The monoisotopic (exact) mass is 278 g/mol. The van der Waals surface area contributed by atoms with Gasteiger partial charge in [0.05, 0.1) is 6.04 Å². The predicted octanol–water partition coefficient (Wildman–Crippen LogP) is 3.66. The Bertz CT molecular complexity index is 687. The number of carbonyl (C=O) groups excluding carboxylic acids is 1. The number of benzene rings is 2. The fourth-order valence-electron chi connectivity index (χ4n) is 2.53. The molecule has 106 valence electrons. The minimum absolute atomic E-state index is 0.0316. The summed E-state index contributed by atoms with van der Waals surface area (Å²) in [6.07, 6.45) is 3.57. The Balaban J connectivity index is 1.85. The van der Waals surface area contributed by atoms with Gasteiger partial charge in [0, 0.05) is 31.0 Å². The number of nitrogens with one attached hydrogen (secondary N) is 1. The highest BCUT2D eigenvalue weighted by Crippen LogP contribution is 2.28. The maximum absolute atomic E-state index is 11.9. The van der Waals surface area contributed by atoms with E-state index in [4.69, 9.17) is 0 Å². The minimum atomic E-state index is 0.0316. The summed E-state index contributed by atoms with van der Waals surface area (Å²) in [5.41, 5.74) is 4.01. The molecule has 2 aromatic carbocycles. The highest BCUT2D eigenvalue weighted by atomic mass is 16.1. The lowest BCUT2D eigenvalue weighted by Gasteiger charge is -2.22. The molecule has 21 heavy (non-hydrogen) atoms. The van der Waals surface area contributed by atoms with Gasteiger partial charge >= 0.3 is 0 Å². The number of hydrogen-bond acceptors (Lipinski definition) is 3. The lowest BCUT2D eigenvalue weighted by atomic mass is 9.92.